The van der Waals surface area contributed by atoms with Crippen molar-refractivity contribution in [3.63, 3.8) is 0 Å². The molecule has 20 heavy (non-hydrogen) atoms. The number of thiophene rings is 1. The highest BCUT2D eigenvalue weighted by Crippen LogP contribution is 2.24. The molecule has 0 aliphatic carbocycles. The molecular formula is C15H24N2O2S. The SMILES string of the molecule is Cc1sc(C(=O)O)cc1CN(C)CC1CCN(C)CC1. The third kappa shape index (κ3) is 4.04. The molecule has 1 aromatic heterocycles. The molecule has 0 radical (unpaired) electrons. The first kappa shape index (κ1) is 15.5. The molecule has 1 aromatic rings. The Hall–Kier alpha value is -0.910. The van der Waals surface area contributed by atoms with Crippen LogP contribution in [0.4, 0.5) is 0 Å². The average Bonchev–Trinajstić information content (AvgIpc) is 2.74. The molecule has 1 saturated heterocycles. The van der Waals surface area contributed by atoms with Gasteiger partial charge in [0.15, 0.2) is 0 Å². The van der Waals surface area contributed by atoms with E-state index in [0.717, 1.165) is 29.4 Å². The van der Waals surface area contributed by atoms with E-state index >= 15 is 0 Å². The Labute approximate surface area is 125 Å². The zero-order chi connectivity index (χ0) is 14.7. The average molecular weight is 296 g/mol. The van der Waals surface area contributed by atoms with Crippen LogP contribution in [0.5, 0.6) is 0 Å². The topological polar surface area (TPSA) is 43.8 Å². The number of piperidine rings is 1. The van der Waals surface area contributed by atoms with Crippen molar-refractivity contribution in [1.29, 1.82) is 0 Å². The van der Waals surface area contributed by atoms with Crippen LogP contribution in [-0.2, 0) is 6.54 Å². The molecule has 1 aliphatic rings. The molecule has 5 heteroatoms. The number of hydrogen-bond donors (Lipinski definition) is 1. The van der Waals surface area contributed by atoms with Crippen molar-refractivity contribution in [2.24, 2.45) is 5.92 Å². The van der Waals surface area contributed by atoms with Gasteiger partial charge in [0.05, 0.1) is 0 Å². The third-order valence-electron chi connectivity index (χ3n) is 4.08. The molecule has 0 unspecified atom stereocenters. The van der Waals surface area contributed by atoms with Gasteiger partial charge in [-0.2, -0.15) is 0 Å². The molecule has 0 amide bonds. The van der Waals surface area contributed by atoms with Gasteiger partial charge in [-0.1, -0.05) is 0 Å². The highest BCUT2D eigenvalue weighted by atomic mass is 32.1. The lowest BCUT2D eigenvalue weighted by molar-refractivity contribution is 0.0702. The molecule has 1 N–H and O–H groups in total. The number of carbonyl (C=O) groups is 1. The molecule has 4 nitrogen and oxygen atoms in total. The lowest BCUT2D eigenvalue weighted by Gasteiger charge is -2.31. The molecular weight excluding hydrogens is 272 g/mol. The molecule has 1 fully saturated rings. The number of aryl methyl sites for hydroxylation is 1. The van der Waals surface area contributed by atoms with E-state index in [4.69, 9.17) is 5.11 Å². The zero-order valence-electron chi connectivity index (χ0n) is 12.6. The van der Waals surface area contributed by atoms with Crippen LogP contribution in [0.2, 0.25) is 0 Å². The fraction of sp³-hybridized carbons (Fsp3) is 0.667. The van der Waals surface area contributed by atoms with Crippen molar-refractivity contribution in [3.05, 3.63) is 21.4 Å². The Bertz CT molecular complexity index is 464. The highest BCUT2D eigenvalue weighted by Gasteiger charge is 2.19. The second kappa shape index (κ2) is 6.70. The van der Waals surface area contributed by atoms with Crippen LogP contribution >= 0.6 is 11.3 Å². The predicted octanol–water partition coefficient (Wildman–Crippen LogP) is 2.53. The van der Waals surface area contributed by atoms with E-state index < -0.39 is 5.97 Å². The summed E-state index contributed by atoms with van der Waals surface area (Å²) in [6, 6.07) is 1.83. The summed E-state index contributed by atoms with van der Waals surface area (Å²) in [5.74, 6) is -0.0450. The molecule has 1 aliphatic heterocycles. The minimum absolute atomic E-state index is 0.449. The number of nitrogens with zero attached hydrogens (tertiary/aromatic N) is 2. The molecule has 0 saturated carbocycles. The first-order valence-electron chi connectivity index (χ1n) is 7.15. The Kier molecular flexibility index (Phi) is 5.18. The van der Waals surface area contributed by atoms with Gasteiger partial charge in [-0.15, -0.1) is 11.3 Å². The monoisotopic (exact) mass is 296 g/mol. The van der Waals surface area contributed by atoms with Crippen molar-refractivity contribution < 1.29 is 9.90 Å². The van der Waals surface area contributed by atoms with Crippen molar-refractivity contribution in [3.8, 4) is 0 Å². The Balaban J connectivity index is 1.88. The van der Waals surface area contributed by atoms with Crippen LogP contribution in [0.3, 0.4) is 0 Å². The van der Waals surface area contributed by atoms with Crippen LogP contribution in [-0.4, -0.2) is 54.6 Å². The van der Waals surface area contributed by atoms with Gasteiger partial charge < -0.3 is 14.9 Å². The Morgan fingerprint density at radius 2 is 2.15 bits per heavy atom. The van der Waals surface area contributed by atoms with E-state index in [2.05, 4.69) is 23.9 Å². The molecule has 112 valence electrons. The summed E-state index contributed by atoms with van der Waals surface area (Å²) in [6.07, 6.45) is 2.54. The van der Waals surface area contributed by atoms with Crippen LogP contribution in [0, 0.1) is 12.8 Å². The van der Waals surface area contributed by atoms with Crippen LogP contribution < -0.4 is 0 Å². The van der Waals surface area contributed by atoms with Gasteiger partial charge in [-0.25, -0.2) is 4.79 Å². The summed E-state index contributed by atoms with van der Waals surface area (Å²) >= 11 is 1.38. The lowest BCUT2D eigenvalue weighted by Crippen LogP contribution is -2.35. The molecule has 0 aromatic carbocycles. The second-order valence-electron chi connectivity index (χ2n) is 5.94. The standard InChI is InChI=1S/C15H24N2O2S/c1-11-13(8-14(20-11)15(18)19)10-17(3)9-12-4-6-16(2)7-5-12/h8,12H,4-7,9-10H2,1-3H3,(H,18,19). The van der Waals surface area contributed by atoms with Gasteiger partial charge in [-0.3, -0.25) is 0 Å². The predicted molar refractivity (Wildman–Crippen MR) is 82.6 cm³/mol. The quantitative estimate of drug-likeness (QED) is 0.907. The minimum Gasteiger partial charge on any atom is -0.477 e. The van der Waals surface area contributed by atoms with Crippen molar-refractivity contribution in [2.45, 2.75) is 26.3 Å². The van der Waals surface area contributed by atoms with E-state index in [9.17, 15) is 4.79 Å². The normalized spacial score (nSPS) is 17.8. The smallest absolute Gasteiger partial charge is 0.345 e. The number of likely N-dealkylation sites (tertiary alicyclic amines) is 1. The maximum Gasteiger partial charge on any atom is 0.345 e. The molecule has 2 heterocycles. The van der Waals surface area contributed by atoms with Crippen molar-refractivity contribution in [2.75, 3.05) is 33.7 Å². The Morgan fingerprint density at radius 1 is 1.50 bits per heavy atom. The fourth-order valence-electron chi connectivity index (χ4n) is 2.82. The van der Waals surface area contributed by atoms with Gasteiger partial charge in [0.25, 0.3) is 0 Å². The maximum atomic E-state index is 11.0. The van der Waals surface area contributed by atoms with Gasteiger partial charge in [0, 0.05) is 18.0 Å². The van der Waals surface area contributed by atoms with Gasteiger partial charge in [-0.05, 0) is 64.5 Å². The maximum absolute atomic E-state index is 11.0. The fourth-order valence-corrected chi connectivity index (χ4v) is 3.70. The van der Waals surface area contributed by atoms with E-state index in [1.807, 2.05) is 13.0 Å². The first-order chi connectivity index (χ1) is 9.45. The van der Waals surface area contributed by atoms with E-state index in [1.165, 1.54) is 37.3 Å². The summed E-state index contributed by atoms with van der Waals surface area (Å²) in [5.41, 5.74) is 1.16. The van der Waals surface area contributed by atoms with Gasteiger partial charge >= 0.3 is 5.97 Å². The largest absolute Gasteiger partial charge is 0.477 e. The first-order valence-corrected chi connectivity index (χ1v) is 7.97. The van der Waals surface area contributed by atoms with E-state index in [1.54, 1.807) is 0 Å². The van der Waals surface area contributed by atoms with Crippen LogP contribution in [0.15, 0.2) is 6.07 Å². The molecule has 0 spiro atoms. The summed E-state index contributed by atoms with van der Waals surface area (Å²) in [7, 11) is 4.32. The minimum atomic E-state index is -0.817. The molecule has 0 bridgehead atoms. The number of carboxylic acids is 1. The number of hydrogen-bond acceptors (Lipinski definition) is 4. The summed E-state index contributed by atoms with van der Waals surface area (Å²) in [4.78, 5) is 17.3. The van der Waals surface area contributed by atoms with Gasteiger partial charge in [0.1, 0.15) is 4.88 Å². The van der Waals surface area contributed by atoms with Gasteiger partial charge in [0.2, 0.25) is 0 Å². The molecule has 2 rings (SSSR count). The van der Waals surface area contributed by atoms with Crippen LogP contribution in [0.25, 0.3) is 0 Å². The molecule has 0 atom stereocenters. The zero-order valence-corrected chi connectivity index (χ0v) is 13.4. The number of carboxylic acid groups (broad SMARTS) is 1. The van der Waals surface area contributed by atoms with Crippen molar-refractivity contribution >= 4 is 17.3 Å². The van der Waals surface area contributed by atoms with E-state index in [0.29, 0.717) is 4.88 Å². The lowest BCUT2D eigenvalue weighted by atomic mass is 9.96. The second-order valence-corrected chi connectivity index (χ2v) is 7.20. The van der Waals surface area contributed by atoms with Crippen molar-refractivity contribution in [1.82, 2.24) is 9.80 Å². The summed E-state index contributed by atoms with van der Waals surface area (Å²) in [6.45, 7) is 6.35. The summed E-state index contributed by atoms with van der Waals surface area (Å²) < 4.78 is 0. The summed E-state index contributed by atoms with van der Waals surface area (Å²) in [5, 5.41) is 9.03. The number of aromatic carboxylic acids is 1. The Morgan fingerprint density at radius 3 is 2.70 bits per heavy atom. The third-order valence-corrected chi connectivity index (χ3v) is 5.16. The van der Waals surface area contributed by atoms with Crippen LogP contribution in [0.1, 0.15) is 33.0 Å². The highest BCUT2D eigenvalue weighted by molar-refractivity contribution is 7.14. The number of rotatable bonds is 5. The van der Waals surface area contributed by atoms with E-state index in [-0.39, 0.29) is 0 Å².